The zero-order valence-electron chi connectivity index (χ0n) is 13.9. The molecule has 21 heavy (non-hydrogen) atoms. The number of ether oxygens (including phenoxy) is 2. The summed E-state index contributed by atoms with van der Waals surface area (Å²) >= 11 is 0. The van der Waals surface area contributed by atoms with Crippen LogP contribution < -0.4 is 14.8 Å². The van der Waals surface area contributed by atoms with Crippen LogP contribution >= 0.6 is 0 Å². The summed E-state index contributed by atoms with van der Waals surface area (Å²) < 4.78 is 11.2. The van der Waals surface area contributed by atoms with Crippen molar-refractivity contribution < 1.29 is 9.47 Å². The maximum absolute atomic E-state index is 5.65. The molecule has 1 N–H and O–H groups in total. The topological polar surface area (TPSA) is 30.5 Å². The number of nitrogens with one attached hydrogen (secondary N) is 1. The van der Waals surface area contributed by atoms with E-state index in [0.717, 1.165) is 37.4 Å². The molecule has 1 aromatic rings. The van der Waals surface area contributed by atoms with E-state index >= 15 is 0 Å². The van der Waals surface area contributed by atoms with Crippen LogP contribution in [0.1, 0.15) is 39.7 Å². The highest BCUT2D eigenvalue weighted by Crippen LogP contribution is 2.32. The highest BCUT2D eigenvalue weighted by molar-refractivity contribution is 5.43. The van der Waals surface area contributed by atoms with E-state index in [0.29, 0.717) is 24.5 Å². The average molecular weight is 291 g/mol. The first-order chi connectivity index (χ1) is 9.96. The SMILES string of the molecule is CC(C)CNCC(C)(C)CCc1ccc2c(c1)OCCO2. The summed E-state index contributed by atoms with van der Waals surface area (Å²) in [6.45, 7) is 12.6. The zero-order chi connectivity index (χ0) is 15.3. The van der Waals surface area contributed by atoms with Gasteiger partial charge in [0, 0.05) is 6.54 Å². The molecule has 0 atom stereocenters. The van der Waals surface area contributed by atoms with E-state index in [9.17, 15) is 0 Å². The Bertz CT molecular complexity index is 455. The van der Waals surface area contributed by atoms with Crippen molar-refractivity contribution in [3.63, 3.8) is 0 Å². The van der Waals surface area contributed by atoms with Gasteiger partial charge in [0.25, 0.3) is 0 Å². The summed E-state index contributed by atoms with van der Waals surface area (Å²) in [7, 11) is 0. The Morgan fingerprint density at radius 1 is 1.14 bits per heavy atom. The molecular formula is C18H29NO2. The number of hydrogen-bond donors (Lipinski definition) is 1. The van der Waals surface area contributed by atoms with Gasteiger partial charge in [0.1, 0.15) is 13.2 Å². The summed E-state index contributed by atoms with van der Waals surface area (Å²) in [5.41, 5.74) is 1.64. The highest BCUT2D eigenvalue weighted by atomic mass is 16.6. The minimum atomic E-state index is 0.308. The van der Waals surface area contributed by atoms with Gasteiger partial charge < -0.3 is 14.8 Å². The summed E-state index contributed by atoms with van der Waals surface area (Å²) in [5.74, 6) is 2.48. The van der Waals surface area contributed by atoms with E-state index in [1.165, 1.54) is 5.56 Å². The minimum absolute atomic E-state index is 0.308. The van der Waals surface area contributed by atoms with Gasteiger partial charge >= 0.3 is 0 Å². The molecule has 0 radical (unpaired) electrons. The van der Waals surface area contributed by atoms with Gasteiger partial charge in [0.15, 0.2) is 11.5 Å². The largest absolute Gasteiger partial charge is 0.486 e. The van der Waals surface area contributed by atoms with Crippen molar-refractivity contribution in [1.29, 1.82) is 0 Å². The van der Waals surface area contributed by atoms with E-state index in [2.05, 4.69) is 45.1 Å². The van der Waals surface area contributed by atoms with Crippen LogP contribution in [0.3, 0.4) is 0 Å². The first-order valence-electron chi connectivity index (χ1n) is 8.05. The van der Waals surface area contributed by atoms with Crippen LogP contribution in [0.4, 0.5) is 0 Å². The van der Waals surface area contributed by atoms with Gasteiger partial charge in [-0.1, -0.05) is 33.8 Å². The molecule has 0 spiro atoms. The number of aryl methyl sites for hydroxylation is 1. The second-order valence-electron chi connectivity index (χ2n) is 7.17. The number of benzene rings is 1. The van der Waals surface area contributed by atoms with Crippen molar-refractivity contribution in [1.82, 2.24) is 5.32 Å². The Balaban J connectivity index is 1.84. The fourth-order valence-electron chi connectivity index (χ4n) is 2.51. The predicted octanol–water partition coefficient (Wildman–Crippen LogP) is 3.66. The lowest BCUT2D eigenvalue weighted by Crippen LogP contribution is -2.32. The Morgan fingerprint density at radius 3 is 2.57 bits per heavy atom. The van der Waals surface area contributed by atoms with Crippen molar-refractivity contribution in [2.45, 2.75) is 40.5 Å². The van der Waals surface area contributed by atoms with Crippen molar-refractivity contribution in [2.24, 2.45) is 11.3 Å². The van der Waals surface area contributed by atoms with Crippen LogP contribution in [0.5, 0.6) is 11.5 Å². The second-order valence-corrected chi connectivity index (χ2v) is 7.17. The maximum atomic E-state index is 5.65. The molecule has 0 aliphatic carbocycles. The standard InChI is InChI=1S/C18H29NO2/c1-14(2)12-19-13-18(3,4)8-7-15-5-6-16-17(11-15)21-10-9-20-16/h5-6,11,14,19H,7-10,12-13H2,1-4H3. The molecule has 0 bridgehead atoms. The molecule has 1 aliphatic rings. The van der Waals surface area contributed by atoms with Gasteiger partial charge in [0.05, 0.1) is 0 Å². The Hall–Kier alpha value is -1.22. The van der Waals surface area contributed by atoms with Gasteiger partial charge in [-0.3, -0.25) is 0 Å². The molecule has 0 aromatic heterocycles. The summed E-state index contributed by atoms with van der Waals surface area (Å²) in [6, 6.07) is 6.32. The molecule has 3 heteroatoms. The monoisotopic (exact) mass is 291 g/mol. The maximum Gasteiger partial charge on any atom is 0.161 e. The lowest BCUT2D eigenvalue weighted by Gasteiger charge is -2.26. The van der Waals surface area contributed by atoms with E-state index in [1.807, 2.05) is 6.07 Å². The Kier molecular flexibility index (Phi) is 5.51. The quantitative estimate of drug-likeness (QED) is 0.831. The van der Waals surface area contributed by atoms with Crippen molar-refractivity contribution in [3.05, 3.63) is 23.8 Å². The van der Waals surface area contributed by atoms with Crippen molar-refractivity contribution in [3.8, 4) is 11.5 Å². The molecule has 0 fully saturated rings. The predicted molar refractivity (Wildman–Crippen MR) is 87.2 cm³/mol. The molecule has 1 aliphatic heterocycles. The van der Waals surface area contributed by atoms with Crippen LogP contribution in [0, 0.1) is 11.3 Å². The van der Waals surface area contributed by atoms with Crippen LogP contribution in [0.15, 0.2) is 18.2 Å². The zero-order valence-corrected chi connectivity index (χ0v) is 13.9. The fourth-order valence-corrected chi connectivity index (χ4v) is 2.51. The third-order valence-corrected chi connectivity index (χ3v) is 3.85. The van der Waals surface area contributed by atoms with Crippen LogP contribution in [0.2, 0.25) is 0 Å². The van der Waals surface area contributed by atoms with Gasteiger partial charge in [-0.05, 0) is 48.4 Å². The van der Waals surface area contributed by atoms with Gasteiger partial charge in [0.2, 0.25) is 0 Å². The first kappa shape index (κ1) is 16.2. The average Bonchev–Trinajstić information content (AvgIpc) is 2.44. The van der Waals surface area contributed by atoms with Crippen molar-refractivity contribution in [2.75, 3.05) is 26.3 Å². The number of fused-ring (bicyclic) bond motifs is 1. The molecule has 1 aromatic carbocycles. The molecule has 1 heterocycles. The fraction of sp³-hybridized carbons (Fsp3) is 0.667. The molecule has 0 saturated carbocycles. The van der Waals surface area contributed by atoms with Gasteiger partial charge in [-0.25, -0.2) is 0 Å². The Labute approximate surface area is 129 Å². The van der Waals surface area contributed by atoms with Crippen molar-refractivity contribution >= 4 is 0 Å². The molecule has 0 saturated heterocycles. The number of rotatable bonds is 7. The molecule has 118 valence electrons. The highest BCUT2D eigenvalue weighted by Gasteiger charge is 2.18. The third-order valence-electron chi connectivity index (χ3n) is 3.85. The lowest BCUT2D eigenvalue weighted by atomic mass is 9.86. The second kappa shape index (κ2) is 7.17. The molecular weight excluding hydrogens is 262 g/mol. The van der Waals surface area contributed by atoms with Crippen LogP contribution in [0.25, 0.3) is 0 Å². The minimum Gasteiger partial charge on any atom is -0.486 e. The number of hydrogen-bond acceptors (Lipinski definition) is 3. The Morgan fingerprint density at radius 2 is 1.86 bits per heavy atom. The smallest absolute Gasteiger partial charge is 0.161 e. The summed E-state index contributed by atoms with van der Waals surface area (Å²) in [4.78, 5) is 0. The molecule has 2 rings (SSSR count). The van der Waals surface area contributed by atoms with Crippen LogP contribution in [-0.2, 0) is 6.42 Å². The first-order valence-corrected chi connectivity index (χ1v) is 8.05. The molecule has 0 unspecified atom stereocenters. The van der Waals surface area contributed by atoms with E-state index in [-0.39, 0.29) is 0 Å². The van der Waals surface area contributed by atoms with E-state index < -0.39 is 0 Å². The molecule has 0 amide bonds. The lowest BCUT2D eigenvalue weighted by molar-refractivity contribution is 0.171. The van der Waals surface area contributed by atoms with Gasteiger partial charge in [-0.2, -0.15) is 0 Å². The van der Waals surface area contributed by atoms with Gasteiger partial charge in [-0.15, -0.1) is 0 Å². The molecule has 3 nitrogen and oxygen atoms in total. The summed E-state index contributed by atoms with van der Waals surface area (Å²) in [6.07, 6.45) is 2.24. The van der Waals surface area contributed by atoms with E-state index in [4.69, 9.17) is 9.47 Å². The third kappa shape index (κ3) is 5.24. The normalized spacial score (nSPS) is 14.5. The van der Waals surface area contributed by atoms with Crippen LogP contribution in [-0.4, -0.2) is 26.3 Å². The summed E-state index contributed by atoms with van der Waals surface area (Å²) in [5, 5.41) is 3.57. The van der Waals surface area contributed by atoms with E-state index in [1.54, 1.807) is 0 Å².